The Morgan fingerprint density at radius 2 is 1.66 bits per heavy atom. The molecule has 0 bridgehead atoms. The highest BCUT2D eigenvalue weighted by Crippen LogP contribution is 2.25. The Morgan fingerprint density at radius 3 is 2.28 bits per heavy atom. The highest BCUT2D eigenvalue weighted by atomic mass is 32.2. The summed E-state index contributed by atoms with van der Waals surface area (Å²) in [5.74, 6) is -0.0726. The molecule has 0 heterocycles. The molecule has 0 atom stereocenters. The summed E-state index contributed by atoms with van der Waals surface area (Å²) in [6.45, 7) is 3.81. The largest absolute Gasteiger partial charge is 0.353 e. The molecule has 6 nitrogen and oxygen atoms in total. The number of hydrogen-bond donors (Lipinski definition) is 2. The highest BCUT2D eigenvalue weighted by Gasteiger charge is 2.14. The maximum absolute atomic E-state index is 12.7. The van der Waals surface area contributed by atoms with Gasteiger partial charge in [-0.25, -0.2) is 0 Å². The van der Waals surface area contributed by atoms with Crippen LogP contribution in [0.4, 0.5) is 10.5 Å². The first kappa shape index (κ1) is 22.8. The molecular weight excluding hydrogens is 406 g/mol. The van der Waals surface area contributed by atoms with Gasteiger partial charge in [0.15, 0.2) is 0 Å². The summed E-state index contributed by atoms with van der Waals surface area (Å²) in [4.78, 5) is 39.4. The monoisotopic (exact) mass is 431 g/mol. The summed E-state index contributed by atoms with van der Waals surface area (Å²) in [7, 11) is 3.40. The summed E-state index contributed by atoms with van der Waals surface area (Å²) in [6, 6.07) is 14.4. The van der Waals surface area contributed by atoms with E-state index in [4.69, 9.17) is 0 Å². The predicted octanol–water partition coefficient (Wildman–Crippen LogP) is 4.33. The van der Waals surface area contributed by atoms with E-state index < -0.39 is 0 Å². The van der Waals surface area contributed by atoms with E-state index in [0.717, 1.165) is 21.6 Å². The maximum atomic E-state index is 12.7. The molecule has 2 aromatic rings. The minimum Gasteiger partial charge on any atom is -0.353 e. The van der Waals surface area contributed by atoms with E-state index in [2.05, 4.69) is 10.6 Å². The van der Waals surface area contributed by atoms with Crippen LogP contribution in [0.25, 0.3) is 0 Å². The second-order valence-corrected chi connectivity index (χ2v) is 8.79. The Kier molecular flexibility index (Phi) is 8.60. The van der Waals surface area contributed by atoms with Crippen molar-refractivity contribution >= 4 is 46.3 Å². The summed E-state index contributed by atoms with van der Waals surface area (Å²) >= 11 is 2.45. The van der Waals surface area contributed by atoms with Crippen LogP contribution in [-0.4, -0.2) is 47.8 Å². The fourth-order valence-electron chi connectivity index (χ4n) is 2.28. The van der Waals surface area contributed by atoms with Gasteiger partial charge in [-0.05, 0) is 62.0 Å². The van der Waals surface area contributed by atoms with Crippen LogP contribution in [0.15, 0.2) is 58.3 Å². The van der Waals surface area contributed by atoms with Crippen molar-refractivity contribution in [1.82, 2.24) is 10.2 Å². The third kappa shape index (κ3) is 7.47. The van der Waals surface area contributed by atoms with Gasteiger partial charge in [0, 0.05) is 35.6 Å². The molecule has 154 valence electrons. The van der Waals surface area contributed by atoms with Crippen molar-refractivity contribution in [1.29, 1.82) is 0 Å². The molecule has 0 aliphatic heterocycles. The van der Waals surface area contributed by atoms with Crippen LogP contribution in [-0.2, 0) is 4.79 Å². The van der Waals surface area contributed by atoms with Gasteiger partial charge >= 0.3 is 0 Å². The molecule has 2 rings (SSSR count). The molecule has 29 heavy (non-hydrogen) atoms. The zero-order valence-electron chi connectivity index (χ0n) is 16.9. The van der Waals surface area contributed by atoms with E-state index >= 15 is 0 Å². The van der Waals surface area contributed by atoms with E-state index in [1.165, 1.54) is 16.7 Å². The van der Waals surface area contributed by atoms with E-state index in [1.807, 2.05) is 26.0 Å². The first-order valence-corrected chi connectivity index (χ1v) is 10.9. The fraction of sp³-hybridized carbons (Fsp3) is 0.286. The van der Waals surface area contributed by atoms with Gasteiger partial charge in [-0.3, -0.25) is 14.4 Å². The number of thioether (sulfide) groups is 2. The minimum absolute atomic E-state index is 0.0609. The topological polar surface area (TPSA) is 78.5 Å². The first-order valence-electron chi connectivity index (χ1n) is 9.08. The van der Waals surface area contributed by atoms with Crippen LogP contribution in [0.3, 0.4) is 0 Å². The quantitative estimate of drug-likeness (QED) is 0.638. The van der Waals surface area contributed by atoms with Crippen molar-refractivity contribution in [3.05, 3.63) is 54.1 Å². The zero-order valence-corrected chi connectivity index (χ0v) is 18.5. The Labute approximate surface area is 179 Å². The number of carbonyl (C=O) groups excluding carboxylic acids is 3. The van der Waals surface area contributed by atoms with Crippen LogP contribution in [0.5, 0.6) is 0 Å². The molecule has 3 amide bonds. The van der Waals surface area contributed by atoms with Gasteiger partial charge in [-0.15, -0.1) is 11.8 Å². The number of hydrogen-bond acceptors (Lipinski definition) is 5. The lowest BCUT2D eigenvalue weighted by atomic mass is 10.2. The molecule has 0 fully saturated rings. The van der Waals surface area contributed by atoms with Gasteiger partial charge < -0.3 is 15.5 Å². The van der Waals surface area contributed by atoms with Crippen LogP contribution >= 0.6 is 23.5 Å². The van der Waals surface area contributed by atoms with Crippen molar-refractivity contribution in [2.75, 3.05) is 25.2 Å². The Hall–Kier alpha value is -2.45. The lowest BCUT2D eigenvalue weighted by Crippen LogP contribution is -2.31. The Morgan fingerprint density at radius 1 is 1.00 bits per heavy atom. The fourth-order valence-corrected chi connectivity index (χ4v) is 3.80. The van der Waals surface area contributed by atoms with E-state index in [-0.39, 0.29) is 28.8 Å². The molecule has 0 saturated heterocycles. The number of amides is 3. The second-order valence-electron chi connectivity index (χ2n) is 6.75. The molecule has 0 aliphatic rings. The average Bonchev–Trinajstić information content (AvgIpc) is 2.67. The number of nitrogens with one attached hydrogen (secondary N) is 2. The molecular formula is C21H25N3O3S2. The number of carbonyl (C=O) groups is 3. The smallest absolute Gasteiger partial charge is 0.285 e. The molecule has 8 heteroatoms. The van der Waals surface area contributed by atoms with Crippen LogP contribution < -0.4 is 10.6 Å². The third-order valence-corrected chi connectivity index (χ3v) is 5.74. The summed E-state index contributed by atoms with van der Waals surface area (Å²) in [5, 5.41) is 5.64. The van der Waals surface area contributed by atoms with Crippen LogP contribution in [0, 0.1) is 0 Å². The Balaban J connectivity index is 2.02. The molecule has 0 radical (unpaired) electrons. The molecule has 2 N–H and O–H groups in total. The van der Waals surface area contributed by atoms with Crippen LogP contribution in [0.1, 0.15) is 24.2 Å². The zero-order chi connectivity index (χ0) is 21.4. The van der Waals surface area contributed by atoms with E-state index in [0.29, 0.717) is 11.3 Å². The Bertz CT molecular complexity index is 868. The number of benzene rings is 2. The molecule has 0 spiro atoms. The summed E-state index contributed by atoms with van der Waals surface area (Å²) in [5.41, 5.74) is 1.14. The lowest BCUT2D eigenvalue weighted by Gasteiger charge is -2.12. The molecule has 0 aliphatic carbocycles. The normalized spacial score (nSPS) is 10.5. The minimum atomic E-state index is -0.248. The molecule has 0 saturated carbocycles. The van der Waals surface area contributed by atoms with Gasteiger partial charge in [0.25, 0.3) is 11.1 Å². The maximum Gasteiger partial charge on any atom is 0.285 e. The van der Waals surface area contributed by atoms with Gasteiger partial charge in [-0.1, -0.05) is 12.1 Å². The van der Waals surface area contributed by atoms with Crippen molar-refractivity contribution in [2.45, 2.75) is 29.7 Å². The van der Waals surface area contributed by atoms with Crippen molar-refractivity contribution in [3.63, 3.8) is 0 Å². The standard InChI is InChI=1S/C21H25N3O3S2/c1-14(2)22-19(25)13-28-18-8-6-5-7-17(18)20(26)23-15-9-11-16(12-10-15)29-21(27)24(3)4/h5-12,14H,13H2,1-4H3,(H,22,25)(H,23,26). The van der Waals surface area contributed by atoms with E-state index in [9.17, 15) is 14.4 Å². The number of rotatable bonds is 7. The molecule has 0 aromatic heterocycles. The van der Waals surface area contributed by atoms with Crippen LogP contribution in [0.2, 0.25) is 0 Å². The van der Waals surface area contributed by atoms with Gasteiger partial charge in [0.2, 0.25) is 5.91 Å². The predicted molar refractivity (Wildman–Crippen MR) is 120 cm³/mol. The lowest BCUT2D eigenvalue weighted by molar-refractivity contribution is -0.119. The summed E-state index contributed by atoms with van der Waals surface area (Å²) < 4.78 is 0. The van der Waals surface area contributed by atoms with Crippen molar-refractivity contribution in [2.24, 2.45) is 0 Å². The first-order chi connectivity index (χ1) is 13.8. The highest BCUT2D eigenvalue weighted by molar-refractivity contribution is 8.13. The molecule has 2 aromatic carbocycles. The van der Waals surface area contributed by atoms with Gasteiger partial charge in [-0.2, -0.15) is 0 Å². The number of nitrogens with zero attached hydrogens (tertiary/aromatic N) is 1. The van der Waals surface area contributed by atoms with Crippen molar-refractivity contribution in [3.8, 4) is 0 Å². The van der Waals surface area contributed by atoms with Gasteiger partial charge in [0.05, 0.1) is 11.3 Å². The van der Waals surface area contributed by atoms with E-state index in [1.54, 1.807) is 50.5 Å². The summed E-state index contributed by atoms with van der Waals surface area (Å²) in [6.07, 6.45) is 0. The van der Waals surface area contributed by atoms with Gasteiger partial charge in [0.1, 0.15) is 0 Å². The molecule has 0 unspecified atom stereocenters. The second kappa shape index (κ2) is 10.9. The van der Waals surface area contributed by atoms with Crippen molar-refractivity contribution < 1.29 is 14.4 Å². The SMILES string of the molecule is CC(C)NC(=O)CSc1ccccc1C(=O)Nc1ccc(SC(=O)N(C)C)cc1. The number of anilines is 1. The third-order valence-electron chi connectivity index (χ3n) is 3.62. The average molecular weight is 432 g/mol.